The lowest BCUT2D eigenvalue weighted by atomic mass is 9.97. The van der Waals surface area contributed by atoms with Gasteiger partial charge in [-0.15, -0.1) is 0 Å². The predicted molar refractivity (Wildman–Crippen MR) is 103 cm³/mol. The van der Waals surface area contributed by atoms with Gasteiger partial charge in [0.15, 0.2) is 0 Å². The van der Waals surface area contributed by atoms with E-state index in [0.29, 0.717) is 16.6 Å². The van der Waals surface area contributed by atoms with Crippen LogP contribution in [0, 0.1) is 0 Å². The van der Waals surface area contributed by atoms with Crippen molar-refractivity contribution in [2.24, 2.45) is 7.05 Å². The molecule has 1 aliphatic heterocycles. The van der Waals surface area contributed by atoms with Gasteiger partial charge in [0.25, 0.3) is 0 Å². The molecule has 8 heteroatoms. The SMILES string of the molecule is COCC(O)N1CCc2c(c3c(-c4cn[nH]c4)cc(Cl)c(Cl)c3n2C)C1. The zero-order valence-corrected chi connectivity index (χ0v) is 16.1. The van der Waals surface area contributed by atoms with E-state index in [0.717, 1.165) is 35.0 Å². The van der Waals surface area contributed by atoms with Crippen LogP contribution in [0.4, 0.5) is 0 Å². The Balaban J connectivity index is 1.94. The van der Waals surface area contributed by atoms with Gasteiger partial charge in [-0.25, -0.2) is 0 Å². The van der Waals surface area contributed by atoms with Crippen molar-refractivity contribution < 1.29 is 9.84 Å². The number of rotatable bonds is 4. The second-order valence-corrected chi connectivity index (χ2v) is 7.36. The van der Waals surface area contributed by atoms with Crippen LogP contribution in [0.5, 0.6) is 0 Å². The number of H-pyrrole nitrogens is 1. The summed E-state index contributed by atoms with van der Waals surface area (Å²) in [5.41, 5.74) is 5.25. The summed E-state index contributed by atoms with van der Waals surface area (Å²) in [5, 5.41) is 19.4. The molecule has 1 atom stereocenters. The molecule has 0 bridgehead atoms. The number of hydrogen-bond acceptors (Lipinski definition) is 4. The first-order valence-electron chi connectivity index (χ1n) is 8.41. The third-order valence-electron chi connectivity index (χ3n) is 5.13. The van der Waals surface area contributed by atoms with Gasteiger partial charge in [-0.3, -0.25) is 10.00 Å². The number of aromatic nitrogens is 3. The Kier molecular flexibility index (Phi) is 4.71. The van der Waals surface area contributed by atoms with Crippen LogP contribution in [0.25, 0.3) is 22.0 Å². The van der Waals surface area contributed by atoms with Crippen LogP contribution in [0.2, 0.25) is 10.0 Å². The second-order valence-electron chi connectivity index (χ2n) is 6.57. The van der Waals surface area contributed by atoms with Crippen molar-refractivity contribution in [3.8, 4) is 11.1 Å². The predicted octanol–water partition coefficient (Wildman–Crippen LogP) is 3.20. The van der Waals surface area contributed by atoms with Crippen molar-refractivity contribution in [1.29, 1.82) is 0 Å². The highest BCUT2D eigenvalue weighted by Crippen LogP contribution is 2.43. The molecule has 3 heterocycles. The molecule has 0 amide bonds. The molecule has 1 aliphatic rings. The zero-order valence-electron chi connectivity index (χ0n) is 14.6. The van der Waals surface area contributed by atoms with E-state index in [-0.39, 0.29) is 6.61 Å². The summed E-state index contributed by atoms with van der Waals surface area (Å²) in [5.74, 6) is 0. The molecule has 0 radical (unpaired) electrons. The molecule has 0 aliphatic carbocycles. The number of aryl methyl sites for hydroxylation is 1. The van der Waals surface area contributed by atoms with E-state index < -0.39 is 6.23 Å². The van der Waals surface area contributed by atoms with E-state index in [4.69, 9.17) is 27.9 Å². The van der Waals surface area contributed by atoms with Gasteiger partial charge in [0.1, 0.15) is 6.23 Å². The molecule has 0 spiro atoms. The van der Waals surface area contributed by atoms with Gasteiger partial charge in [-0.05, 0) is 17.2 Å². The minimum atomic E-state index is -0.636. The molecule has 26 heavy (non-hydrogen) atoms. The van der Waals surface area contributed by atoms with Crippen molar-refractivity contribution in [3.05, 3.63) is 39.8 Å². The number of aromatic amines is 1. The van der Waals surface area contributed by atoms with E-state index in [1.807, 2.05) is 24.2 Å². The highest BCUT2D eigenvalue weighted by Gasteiger charge is 2.29. The zero-order chi connectivity index (χ0) is 18.4. The highest BCUT2D eigenvalue weighted by molar-refractivity contribution is 6.45. The van der Waals surface area contributed by atoms with Crippen LogP contribution in [-0.2, 0) is 24.8 Å². The number of hydrogen-bond donors (Lipinski definition) is 2. The molecular weight excluding hydrogens is 375 g/mol. The number of nitrogens with zero attached hydrogens (tertiary/aromatic N) is 3. The number of benzene rings is 1. The van der Waals surface area contributed by atoms with Gasteiger partial charge in [-0.1, -0.05) is 23.2 Å². The largest absolute Gasteiger partial charge is 0.381 e. The topological polar surface area (TPSA) is 66.3 Å². The molecule has 1 aromatic carbocycles. The van der Waals surface area contributed by atoms with E-state index in [1.54, 1.807) is 13.3 Å². The second kappa shape index (κ2) is 6.87. The number of fused-ring (bicyclic) bond motifs is 3. The fourth-order valence-electron chi connectivity index (χ4n) is 3.87. The lowest BCUT2D eigenvalue weighted by Gasteiger charge is -2.31. The monoisotopic (exact) mass is 394 g/mol. The van der Waals surface area contributed by atoms with Crippen LogP contribution in [0.3, 0.4) is 0 Å². The first-order valence-corrected chi connectivity index (χ1v) is 9.16. The number of methoxy groups -OCH3 is 1. The molecule has 2 N–H and O–H groups in total. The Morgan fingerprint density at radius 3 is 2.92 bits per heavy atom. The number of halogens is 2. The smallest absolute Gasteiger partial charge is 0.131 e. The van der Waals surface area contributed by atoms with Gasteiger partial charge < -0.3 is 14.4 Å². The van der Waals surface area contributed by atoms with E-state index in [1.165, 1.54) is 11.3 Å². The van der Waals surface area contributed by atoms with Gasteiger partial charge in [-0.2, -0.15) is 5.10 Å². The lowest BCUT2D eigenvalue weighted by Crippen LogP contribution is -2.41. The number of nitrogens with one attached hydrogen (secondary N) is 1. The third-order valence-corrected chi connectivity index (χ3v) is 5.91. The Labute approximate surface area is 161 Å². The molecule has 0 saturated carbocycles. The Morgan fingerprint density at radius 2 is 2.23 bits per heavy atom. The van der Waals surface area contributed by atoms with Crippen LogP contribution in [0.1, 0.15) is 11.3 Å². The molecule has 4 rings (SSSR count). The fourth-order valence-corrected chi connectivity index (χ4v) is 4.34. The van der Waals surface area contributed by atoms with E-state index in [2.05, 4.69) is 14.8 Å². The average molecular weight is 395 g/mol. The van der Waals surface area contributed by atoms with Crippen molar-refractivity contribution in [2.75, 3.05) is 20.3 Å². The maximum atomic E-state index is 10.4. The average Bonchev–Trinajstić information content (AvgIpc) is 3.25. The number of aliphatic hydroxyl groups is 1. The lowest BCUT2D eigenvalue weighted by molar-refractivity contribution is -0.0537. The summed E-state index contributed by atoms with van der Waals surface area (Å²) >= 11 is 13.0. The summed E-state index contributed by atoms with van der Waals surface area (Å²) in [6.07, 6.45) is 3.81. The maximum absolute atomic E-state index is 10.4. The Morgan fingerprint density at radius 1 is 1.42 bits per heavy atom. The summed E-state index contributed by atoms with van der Waals surface area (Å²) in [4.78, 5) is 2.02. The van der Waals surface area contributed by atoms with Gasteiger partial charge in [0.05, 0.1) is 28.4 Å². The number of aliphatic hydroxyl groups excluding tert-OH is 1. The van der Waals surface area contributed by atoms with Crippen LogP contribution < -0.4 is 0 Å². The minimum absolute atomic E-state index is 0.279. The molecule has 138 valence electrons. The molecule has 6 nitrogen and oxygen atoms in total. The van der Waals surface area contributed by atoms with E-state index >= 15 is 0 Å². The molecule has 1 unspecified atom stereocenters. The van der Waals surface area contributed by atoms with Crippen molar-refractivity contribution in [2.45, 2.75) is 19.2 Å². The molecular formula is C18H20Cl2N4O2. The van der Waals surface area contributed by atoms with Gasteiger partial charge in [0, 0.05) is 56.5 Å². The summed E-state index contributed by atoms with van der Waals surface area (Å²) in [6, 6.07) is 1.89. The summed E-state index contributed by atoms with van der Waals surface area (Å²) < 4.78 is 7.23. The first kappa shape index (κ1) is 17.8. The standard InChI is InChI=1S/C18H20Cl2N4O2/c1-23-14-3-4-24(15(25)9-26-2)8-12(14)16-11(10-6-21-22-7-10)5-13(19)17(20)18(16)23/h5-7,15,25H,3-4,8-9H2,1-2H3,(H,21,22). The molecule has 0 saturated heterocycles. The van der Waals surface area contributed by atoms with Crippen LogP contribution in [0.15, 0.2) is 18.5 Å². The number of ether oxygens (including phenoxy) is 1. The summed E-state index contributed by atoms with van der Waals surface area (Å²) in [6.45, 7) is 1.66. The fraction of sp³-hybridized carbons (Fsp3) is 0.389. The Hall–Kier alpha value is -1.57. The van der Waals surface area contributed by atoms with Gasteiger partial charge >= 0.3 is 0 Å². The minimum Gasteiger partial charge on any atom is -0.381 e. The first-order chi connectivity index (χ1) is 12.5. The Bertz CT molecular complexity index is 952. The van der Waals surface area contributed by atoms with Crippen LogP contribution >= 0.6 is 23.2 Å². The van der Waals surface area contributed by atoms with E-state index in [9.17, 15) is 5.11 Å². The molecule has 3 aromatic rings. The van der Waals surface area contributed by atoms with Crippen molar-refractivity contribution in [1.82, 2.24) is 19.7 Å². The van der Waals surface area contributed by atoms with Crippen LogP contribution in [-0.4, -0.2) is 51.3 Å². The highest BCUT2D eigenvalue weighted by atomic mass is 35.5. The normalized spacial score (nSPS) is 16.2. The molecule has 2 aromatic heterocycles. The maximum Gasteiger partial charge on any atom is 0.131 e. The van der Waals surface area contributed by atoms with Crippen molar-refractivity contribution >= 4 is 34.1 Å². The summed E-state index contributed by atoms with van der Waals surface area (Å²) in [7, 11) is 3.61. The van der Waals surface area contributed by atoms with Gasteiger partial charge in [0.2, 0.25) is 0 Å². The van der Waals surface area contributed by atoms with Crippen molar-refractivity contribution in [3.63, 3.8) is 0 Å². The third kappa shape index (κ3) is 2.73. The molecule has 0 fully saturated rings. The quantitative estimate of drug-likeness (QED) is 0.712.